The van der Waals surface area contributed by atoms with Crippen molar-refractivity contribution in [1.29, 1.82) is 0 Å². The molecule has 5 rings (SSSR count). The molecule has 1 saturated carbocycles. The van der Waals surface area contributed by atoms with Crippen molar-refractivity contribution >= 4 is 46.3 Å². The zero-order valence-electron chi connectivity index (χ0n) is 21.4. The monoisotopic (exact) mass is 588 g/mol. The lowest BCUT2D eigenvalue weighted by atomic mass is 9.94. The summed E-state index contributed by atoms with van der Waals surface area (Å²) in [6.07, 6.45) is 3.34. The predicted molar refractivity (Wildman–Crippen MR) is 157 cm³/mol. The van der Waals surface area contributed by atoms with Crippen molar-refractivity contribution in [2.45, 2.75) is 31.8 Å². The van der Waals surface area contributed by atoms with Gasteiger partial charge in [0.2, 0.25) is 0 Å². The molecule has 0 radical (unpaired) electrons. The molecule has 9 heteroatoms. The second-order valence-electron chi connectivity index (χ2n) is 9.21. The van der Waals surface area contributed by atoms with Gasteiger partial charge < -0.3 is 25.2 Å². The largest absolute Gasteiger partial charge is 0.490 e. The Bertz CT molecular complexity index is 1270. The van der Waals surface area contributed by atoms with Gasteiger partial charge in [0.05, 0.1) is 15.6 Å². The van der Waals surface area contributed by atoms with Crippen LogP contribution in [-0.2, 0) is 11.3 Å². The molecule has 0 unspecified atom stereocenters. The van der Waals surface area contributed by atoms with Gasteiger partial charge in [0.15, 0.2) is 5.75 Å². The van der Waals surface area contributed by atoms with Crippen LogP contribution in [0.15, 0.2) is 72.3 Å². The van der Waals surface area contributed by atoms with Crippen molar-refractivity contribution in [3.63, 3.8) is 0 Å². The summed E-state index contributed by atoms with van der Waals surface area (Å²) in [5.41, 5.74) is 3.39. The Kier molecular flexibility index (Phi) is 10.9. The van der Waals surface area contributed by atoms with E-state index in [1.54, 1.807) is 18.2 Å². The van der Waals surface area contributed by atoms with E-state index in [1.807, 2.05) is 42.5 Å². The summed E-state index contributed by atoms with van der Waals surface area (Å²) >= 11 is 18.1. The number of halogens is 3. The van der Waals surface area contributed by atoms with E-state index in [2.05, 4.69) is 16.7 Å². The molecule has 1 fully saturated rings. The first-order valence-electron chi connectivity index (χ1n) is 12.8. The Morgan fingerprint density at radius 3 is 2.23 bits per heavy atom. The van der Waals surface area contributed by atoms with Gasteiger partial charge >= 0.3 is 5.97 Å². The van der Waals surface area contributed by atoms with Crippen LogP contribution in [0.5, 0.6) is 11.5 Å². The van der Waals surface area contributed by atoms with Gasteiger partial charge in [0, 0.05) is 24.2 Å². The Morgan fingerprint density at radius 1 is 0.897 bits per heavy atom. The minimum absolute atomic E-state index is 0.297. The van der Waals surface area contributed by atoms with Crippen LogP contribution in [0, 0.1) is 0 Å². The molecule has 0 amide bonds. The molecular weight excluding hydrogens is 559 g/mol. The number of rotatable bonds is 10. The fourth-order valence-electron chi connectivity index (χ4n) is 4.07. The van der Waals surface area contributed by atoms with Crippen LogP contribution in [0.2, 0.25) is 15.1 Å². The lowest BCUT2D eigenvalue weighted by molar-refractivity contribution is -0.132. The molecule has 2 aliphatic rings. The first-order valence-corrected chi connectivity index (χ1v) is 14.0. The van der Waals surface area contributed by atoms with Gasteiger partial charge in [-0.05, 0) is 72.8 Å². The van der Waals surface area contributed by atoms with E-state index in [4.69, 9.17) is 44.3 Å². The van der Waals surface area contributed by atoms with Gasteiger partial charge in [-0.25, -0.2) is 4.79 Å². The summed E-state index contributed by atoms with van der Waals surface area (Å²) in [6.45, 7) is 2.68. The van der Waals surface area contributed by atoms with Crippen LogP contribution in [-0.4, -0.2) is 43.4 Å². The number of ether oxygens (including phenoxy) is 2. The number of carbonyl (C=O) groups is 1. The zero-order chi connectivity index (χ0) is 27.6. The predicted octanol–water partition coefficient (Wildman–Crippen LogP) is 6.87. The molecule has 0 spiro atoms. The summed E-state index contributed by atoms with van der Waals surface area (Å²) in [5.74, 6) is 0.241. The van der Waals surface area contributed by atoms with Gasteiger partial charge in [-0.1, -0.05) is 71.2 Å². The van der Waals surface area contributed by atoms with Crippen molar-refractivity contribution in [3.05, 3.63) is 98.5 Å². The third-order valence-electron chi connectivity index (χ3n) is 6.31. The Labute approximate surface area is 243 Å². The molecule has 0 aromatic heterocycles. The lowest BCUT2D eigenvalue weighted by Gasteiger charge is -2.19. The third kappa shape index (κ3) is 8.88. The number of nitrogens with one attached hydrogen (secondary N) is 2. The Balaban J connectivity index is 0.000000243. The highest BCUT2D eigenvalue weighted by atomic mass is 35.5. The van der Waals surface area contributed by atoms with E-state index in [1.165, 1.54) is 18.4 Å². The first kappa shape index (κ1) is 29.2. The quantitative estimate of drug-likeness (QED) is 0.224. The average Bonchev–Trinajstić information content (AvgIpc) is 3.77. The maximum atomic E-state index is 11.4. The standard InChI is InChI=1S/C20H19Cl2NO4.C10H12ClN/c21-17-2-1-3-18(22)19(17)27-11-10-26-14-6-4-13(5-7-14)15-8-9-23-12-16(15)20(24)25;11-10-4-2-1-3-8(10)7-12-9-5-6-9/h1-7,23H,8-12H2,(H,24,25);1-4,9,12H,5-7H2. The van der Waals surface area contributed by atoms with Crippen molar-refractivity contribution in [3.8, 4) is 11.5 Å². The van der Waals surface area contributed by atoms with Gasteiger partial charge in [0.1, 0.15) is 19.0 Å². The van der Waals surface area contributed by atoms with E-state index < -0.39 is 5.97 Å². The number of para-hydroxylation sites is 1. The highest BCUT2D eigenvalue weighted by Gasteiger charge is 2.20. The number of aliphatic carboxylic acids is 1. The fourth-order valence-corrected chi connectivity index (χ4v) is 4.78. The molecule has 0 saturated heterocycles. The second-order valence-corrected chi connectivity index (χ2v) is 10.4. The molecule has 3 aromatic carbocycles. The van der Waals surface area contributed by atoms with Gasteiger partial charge in [-0.15, -0.1) is 0 Å². The van der Waals surface area contributed by atoms with Crippen LogP contribution in [0.3, 0.4) is 0 Å². The molecule has 3 aromatic rings. The second kappa shape index (κ2) is 14.6. The first-order chi connectivity index (χ1) is 18.9. The average molecular weight is 590 g/mol. The number of benzene rings is 3. The smallest absolute Gasteiger partial charge is 0.333 e. The normalized spacial score (nSPS) is 14.8. The molecule has 0 bridgehead atoms. The van der Waals surface area contributed by atoms with Crippen LogP contribution < -0.4 is 20.1 Å². The Morgan fingerprint density at radius 2 is 1.56 bits per heavy atom. The van der Waals surface area contributed by atoms with Crippen LogP contribution >= 0.6 is 34.8 Å². The lowest BCUT2D eigenvalue weighted by Crippen LogP contribution is -2.28. The van der Waals surface area contributed by atoms with Gasteiger partial charge in [-0.2, -0.15) is 0 Å². The summed E-state index contributed by atoms with van der Waals surface area (Å²) in [5, 5.41) is 17.6. The number of hydrogen-bond acceptors (Lipinski definition) is 5. The molecular formula is C30H31Cl3N2O4. The van der Waals surface area contributed by atoms with E-state index in [-0.39, 0.29) is 0 Å². The van der Waals surface area contributed by atoms with Crippen LogP contribution in [0.1, 0.15) is 30.4 Å². The maximum Gasteiger partial charge on any atom is 0.333 e. The zero-order valence-corrected chi connectivity index (χ0v) is 23.7. The summed E-state index contributed by atoms with van der Waals surface area (Å²) in [6, 6.07) is 21.3. The minimum atomic E-state index is -0.882. The van der Waals surface area contributed by atoms with Crippen molar-refractivity contribution < 1.29 is 19.4 Å². The van der Waals surface area contributed by atoms with Gasteiger partial charge in [0.25, 0.3) is 0 Å². The van der Waals surface area contributed by atoms with Crippen LogP contribution in [0.4, 0.5) is 0 Å². The van der Waals surface area contributed by atoms with E-state index in [0.29, 0.717) is 53.3 Å². The van der Waals surface area contributed by atoms with Crippen molar-refractivity contribution in [2.75, 3.05) is 26.3 Å². The van der Waals surface area contributed by atoms with Gasteiger partial charge in [-0.3, -0.25) is 0 Å². The van der Waals surface area contributed by atoms with E-state index in [0.717, 1.165) is 35.3 Å². The fraction of sp³-hybridized carbons (Fsp3) is 0.300. The van der Waals surface area contributed by atoms with E-state index >= 15 is 0 Å². The topological polar surface area (TPSA) is 79.8 Å². The van der Waals surface area contributed by atoms with Crippen molar-refractivity contribution in [1.82, 2.24) is 10.6 Å². The molecule has 3 N–H and O–H groups in total. The van der Waals surface area contributed by atoms with Crippen molar-refractivity contribution in [2.24, 2.45) is 0 Å². The van der Waals surface area contributed by atoms with Crippen LogP contribution in [0.25, 0.3) is 5.57 Å². The number of carboxylic acids is 1. The minimum Gasteiger partial charge on any atom is -0.490 e. The van der Waals surface area contributed by atoms with E-state index in [9.17, 15) is 9.90 Å². The molecule has 1 aliphatic heterocycles. The molecule has 39 heavy (non-hydrogen) atoms. The molecule has 1 heterocycles. The SMILES string of the molecule is Clc1ccccc1CNC1CC1.O=C(O)C1=C(c2ccc(OCCOc3c(Cl)cccc3Cl)cc2)CCNC1. The molecule has 206 valence electrons. The summed E-state index contributed by atoms with van der Waals surface area (Å²) in [7, 11) is 0. The molecule has 0 atom stereocenters. The number of carboxylic acid groups (broad SMARTS) is 1. The maximum absolute atomic E-state index is 11.4. The highest BCUT2D eigenvalue weighted by molar-refractivity contribution is 6.37. The summed E-state index contributed by atoms with van der Waals surface area (Å²) < 4.78 is 11.2. The Hall–Kier alpha value is -2.74. The molecule has 1 aliphatic carbocycles. The highest BCUT2D eigenvalue weighted by Crippen LogP contribution is 2.32. The third-order valence-corrected chi connectivity index (χ3v) is 7.28. The molecule has 6 nitrogen and oxygen atoms in total. The number of hydrogen-bond donors (Lipinski definition) is 3. The summed E-state index contributed by atoms with van der Waals surface area (Å²) in [4.78, 5) is 11.4.